The van der Waals surface area contributed by atoms with Gasteiger partial charge in [0.2, 0.25) is 0 Å². The predicted octanol–water partition coefficient (Wildman–Crippen LogP) is 0.974. The lowest BCUT2D eigenvalue weighted by molar-refractivity contribution is -0.606. The van der Waals surface area contributed by atoms with Crippen molar-refractivity contribution in [2.75, 3.05) is 13.2 Å². The average molecular weight is 242 g/mol. The van der Waals surface area contributed by atoms with Crippen LogP contribution in [0.25, 0.3) is 0 Å². The van der Waals surface area contributed by atoms with Crippen LogP contribution in [-0.2, 0) is 39.4 Å². The molecule has 0 aromatic carbocycles. The highest BCUT2D eigenvalue weighted by molar-refractivity contribution is 5.58. The summed E-state index contributed by atoms with van der Waals surface area (Å²) in [6.07, 6.45) is -2.72. The number of carbonyl (C=O) groups is 2. The topological polar surface area (TPSA) is 108 Å². The van der Waals surface area contributed by atoms with Gasteiger partial charge < -0.3 is 0 Å². The summed E-state index contributed by atoms with van der Waals surface area (Å²) in [5.74, 6) is 0. The maximum atomic E-state index is 10.4. The van der Waals surface area contributed by atoms with E-state index in [2.05, 4.69) is 39.4 Å². The third-order valence-corrected chi connectivity index (χ3v) is 0.722. The molecular weight excluding hydrogens is 232 g/mol. The summed E-state index contributed by atoms with van der Waals surface area (Å²) in [7, 11) is 0. The van der Waals surface area contributed by atoms with Gasteiger partial charge in [0.05, 0.1) is 13.2 Å². The monoisotopic (exact) mass is 242 g/mol. The van der Waals surface area contributed by atoms with Gasteiger partial charge in [-0.3, -0.25) is 9.78 Å². The van der Waals surface area contributed by atoms with Crippen LogP contribution in [0.15, 0.2) is 0 Å². The Hall–Kier alpha value is -1.62. The molecule has 0 rings (SSSR count). The molecular formula is C6H10O10. The van der Waals surface area contributed by atoms with Crippen LogP contribution in [0.1, 0.15) is 13.8 Å². The second kappa shape index (κ2) is 9.92. The lowest BCUT2D eigenvalue weighted by atomic mass is 10.9. The highest BCUT2D eigenvalue weighted by atomic mass is 17.7. The third-order valence-electron chi connectivity index (χ3n) is 0.722. The van der Waals surface area contributed by atoms with Gasteiger partial charge >= 0.3 is 12.3 Å². The standard InChI is InChI=1S/C6H10O10/c1-3-9-11-5(7)13-15-16-14-6(8)12-10-4-2/h3-4H2,1-2H3. The highest BCUT2D eigenvalue weighted by Crippen LogP contribution is 1.93. The number of hydrogen-bond donors (Lipinski definition) is 0. The van der Waals surface area contributed by atoms with Crippen molar-refractivity contribution in [1.82, 2.24) is 0 Å². The quantitative estimate of drug-likeness (QED) is 0.364. The molecule has 0 spiro atoms. The van der Waals surface area contributed by atoms with Crippen molar-refractivity contribution >= 4 is 12.3 Å². The molecule has 0 aromatic heterocycles. The fraction of sp³-hybridized carbons (Fsp3) is 0.667. The average Bonchev–Trinajstić information content (AvgIpc) is 2.29. The summed E-state index contributed by atoms with van der Waals surface area (Å²) in [5, 5.41) is 7.22. The highest BCUT2D eigenvalue weighted by Gasteiger charge is 2.10. The zero-order valence-electron chi connectivity index (χ0n) is 8.50. The first-order valence-electron chi connectivity index (χ1n) is 4.05. The van der Waals surface area contributed by atoms with Crippen LogP contribution in [0.3, 0.4) is 0 Å². The Labute approximate surface area is 89.4 Å². The van der Waals surface area contributed by atoms with Gasteiger partial charge in [0.15, 0.2) is 0 Å². The smallest absolute Gasteiger partial charge is 0.257 e. The van der Waals surface area contributed by atoms with Crippen molar-refractivity contribution in [2.45, 2.75) is 13.8 Å². The summed E-state index contributed by atoms with van der Waals surface area (Å²) >= 11 is 0. The molecule has 0 amide bonds. The van der Waals surface area contributed by atoms with Crippen LogP contribution in [-0.4, -0.2) is 25.5 Å². The fourth-order valence-corrected chi connectivity index (χ4v) is 0.325. The van der Waals surface area contributed by atoms with E-state index in [1.54, 1.807) is 13.8 Å². The van der Waals surface area contributed by atoms with E-state index in [0.29, 0.717) is 0 Å². The fourth-order valence-electron chi connectivity index (χ4n) is 0.325. The molecule has 0 unspecified atom stereocenters. The lowest BCUT2D eigenvalue weighted by Gasteiger charge is -2.01. The molecule has 0 atom stereocenters. The van der Waals surface area contributed by atoms with Crippen molar-refractivity contribution in [2.24, 2.45) is 0 Å². The summed E-state index contributed by atoms with van der Waals surface area (Å²) in [4.78, 5) is 44.5. The maximum Gasteiger partial charge on any atom is 0.575 e. The first-order chi connectivity index (χ1) is 7.70. The minimum absolute atomic E-state index is 0.118. The van der Waals surface area contributed by atoms with Gasteiger partial charge in [-0.2, -0.15) is 19.4 Å². The van der Waals surface area contributed by atoms with E-state index < -0.39 is 12.3 Å². The summed E-state index contributed by atoms with van der Waals surface area (Å²) in [5.41, 5.74) is 0. The lowest BCUT2D eigenvalue weighted by Crippen LogP contribution is -2.12. The Balaban J connectivity index is 3.31. The molecule has 0 aliphatic rings. The van der Waals surface area contributed by atoms with Crippen molar-refractivity contribution < 1.29 is 49.0 Å². The maximum absolute atomic E-state index is 10.4. The Morgan fingerprint density at radius 2 is 1.12 bits per heavy atom. The number of rotatable bonds is 7. The number of carbonyl (C=O) groups excluding carboxylic acids is 2. The molecule has 10 nitrogen and oxygen atoms in total. The van der Waals surface area contributed by atoms with Crippen LogP contribution < -0.4 is 0 Å². The summed E-state index contributed by atoms with van der Waals surface area (Å²) in [6, 6.07) is 0. The normalized spacial score (nSPS) is 9.38. The van der Waals surface area contributed by atoms with Crippen LogP contribution in [0, 0.1) is 0 Å². The number of hydrogen-bond acceptors (Lipinski definition) is 10. The molecule has 0 aliphatic carbocycles. The van der Waals surface area contributed by atoms with E-state index in [1.807, 2.05) is 0 Å². The Morgan fingerprint density at radius 3 is 1.44 bits per heavy atom. The predicted molar refractivity (Wildman–Crippen MR) is 40.6 cm³/mol. The molecule has 0 bridgehead atoms. The van der Waals surface area contributed by atoms with Crippen molar-refractivity contribution in [1.29, 1.82) is 0 Å². The van der Waals surface area contributed by atoms with Gasteiger partial charge in [-0.05, 0) is 13.8 Å². The van der Waals surface area contributed by atoms with Crippen LogP contribution in [0.2, 0.25) is 0 Å². The van der Waals surface area contributed by atoms with Crippen LogP contribution in [0.5, 0.6) is 0 Å². The van der Waals surface area contributed by atoms with E-state index in [0.717, 1.165) is 0 Å². The molecule has 10 heteroatoms. The second-order valence-electron chi connectivity index (χ2n) is 1.78. The second-order valence-corrected chi connectivity index (χ2v) is 1.78. The van der Waals surface area contributed by atoms with E-state index in [-0.39, 0.29) is 13.2 Å². The van der Waals surface area contributed by atoms with E-state index in [4.69, 9.17) is 0 Å². The Bertz CT molecular complexity index is 181. The van der Waals surface area contributed by atoms with Crippen LogP contribution >= 0.6 is 0 Å². The van der Waals surface area contributed by atoms with Crippen LogP contribution in [0.4, 0.5) is 9.59 Å². The zero-order chi connectivity index (χ0) is 12.2. The van der Waals surface area contributed by atoms with Gasteiger partial charge in [0.25, 0.3) is 0 Å². The van der Waals surface area contributed by atoms with Gasteiger partial charge in [-0.1, -0.05) is 0 Å². The third kappa shape index (κ3) is 8.96. The molecule has 16 heavy (non-hydrogen) atoms. The summed E-state index contributed by atoms with van der Waals surface area (Å²) < 4.78 is 0. The minimum atomic E-state index is -1.36. The first kappa shape index (κ1) is 14.4. The molecule has 0 aromatic rings. The Morgan fingerprint density at radius 1 is 0.750 bits per heavy atom. The molecule has 0 heterocycles. The van der Waals surface area contributed by atoms with Gasteiger partial charge in [0, 0.05) is 10.1 Å². The largest absolute Gasteiger partial charge is 0.575 e. The van der Waals surface area contributed by atoms with Gasteiger partial charge in [-0.15, -0.1) is 0 Å². The van der Waals surface area contributed by atoms with Gasteiger partial charge in [0.1, 0.15) is 0 Å². The van der Waals surface area contributed by atoms with Crippen molar-refractivity contribution in [3.05, 3.63) is 0 Å². The van der Waals surface area contributed by atoms with Gasteiger partial charge in [-0.25, -0.2) is 9.78 Å². The van der Waals surface area contributed by atoms with Crippen molar-refractivity contribution in [3.63, 3.8) is 0 Å². The molecule has 0 saturated carbocycles. The van der Waals surface area contributed by atoms with E-state index >= 15 is 0 Å². The SMILES string of the molecule is CCOOC(=O)OOOOC(=O)OOCC. The molecule has 0 aliphatic heterocycles. The van der Waals surface area contributed by atoms with E-state index in [1.165, 1.54) is 0 Å². The minimum Gasteiger partial charge on any atom is -0.257 e. The molecule has 0 radical (unpaired) electrons. The Kier molecular flexibility index (Phi) is 8.91. The molecule has 0 N–H and O–H groups in total. The first-order valence-corrected chi connectivity index (χ1v) is 4.05. The summed E-state index contributed by atoms with van der Waals surface area (Å²) in [6.45, 7) is 3.37. The van der Waals surface area contributed by atoms with Crippen molar-refractivity contribution in [3.8, 4) is 0 Å². The molecule has 94 valence electrons. The zero-order valence-corrected chi connectivity index (χ0v) is 8.50. The molecule has 0 saturated heterocycles. The van der Waals surface area contributed by atoms with E-state index in [9.17, 15) is 9.59 Å². The molecule has 0 fully saturated rings.